The van der Waals surface area contributed by atoms with Crippen LogP contribution >= 0.6 is 23.4 Å². The standard InChI is InChI=1S/C27H25ClN2O3S/c1-4-32-24-14-19(11-12-23(24)33-16-20-7-5-6-8-21(20)28)15-25-26(31)30-27(34-25)29-22-13-17(2)9-10-18(22)3/h5-15H,4,16H2,1-3H3,(H,29,30,31)/b25-15-. The maximum atomic E-state index is 12.6. The number of aryl methyl sites for hydroxylation is 2. The molecule has 1 heterocycles. The quantitative estimate of drug-likeness (QED) is 0.367. The molecular formula is C27H25ClN2O3S. The summed E-state index contributed by atoms with van der Waals surface area (Å²) in [4.78, 5) is 17.7. The van der Waals surface area contributed by atoms with Crippen LogP contribution in [0, 0.1) is 13.8 Å². The van der Waals surface area contributed by atoms with Crippen molar-refractivity contribution in [2.45, 2.75) is 27.4 Å². The van der Waals surface area contributed by atoms with E-state index in [1.54, 1.807) is 0 Å². The van der Waals surface area contributed by atoms with Crippen LogP contribution in [0.25, 0.3) is 6.08 Å². The van der Waals surface area contributed by atoms with Gasteiger partial charge in [-0.1, -0.05) is 48.0 Å². The van der Waals surface area contributed by atoms with Gasteiger partial charge in [0.1, 0.15) is 6.61 Å². The van der Waals surface area contributed by atoms with Gasteiger partial charge in [0.15, 0.2) is 16.7 Å². The second-order valence-electron chi connectivity index (χ2n) is 7.79. The van der Waals surface area contributed by atoms with E-state index in [4.69, 9.17) is 21.1 Å². The van der Waals surface area contributed by atoms with Crippen molar-refractivity contribution in [2.24, 2.45) is 4.99 Å². The summed E-state index contributed by atoms with van der Waals surface area (Å²) in [5.41, 5.74) is 4.75. The van der Waals surface area contributed by atoms with Gasteiger partial charge < -0.3 is 14.8 Å². The number of hydrogen-bond donors (Lipinski definition) is 1. The molecule has 0 unspecified atom stereocenters. The first-order valence-electron chi connectivity index (χ1n) is 10.9. The fraction of sp³-hybridized carbons (Fsp3) is 0.185. The monoisotopic (exact) mass is 492 g/mol. The predicted molar refractivity (Wildman–Crippen MR) is 140 cm³/mol. The second kappa shape index (κ2) is 10.8. The molecule has 0 saturated carbocycles. The van der Waals surface area contributed by atoms with Crippen LogP contribution in [0.1, 0.15) is 29.2 Å². The van der Waals surface area contributed by atoms with Gasteiger partial charge in [-0.3, -0.25) is 4.79 Å². The first-order valence-corrected chi connectivity index (χ1v) is 12.1. The summed E-state index contributed by atoms with van der Waals surface area (Å²) in [6, 6.07) is 19.2. The number of rotatable bonds is 7. The Morgan fingerprint density at radius 2 is 1.85 bits per heavy atom. The minimum Gasteiger partial charge on any atom is -0.490 e. The number of amides is 1. The number of nitrogens with one attached hydrogen (secondary N) is 1. The largest absolute Gasteiger partial charge is 0.490 e. The minimum absolute atomic E-state index is 0.175. The number of hydrogen-bond acceptors (Lipinski definition) is 5. The molecule has 1 saturated heterocycles. The van der Waals surface area contributed by atoms with Crippen molar-refractivity contribution in [2.75, 3.05) is 6.61 Å². The van der Waals surface area contributed by atoms with Crippen molar-refractivity contribution in [3.63, 3.8) is 0 Å². The normalized spacial score (nSPS) is 15.6. The zero-order valence-electron chi connectivity index (χ0n) is 19.2. The number of halogens is 1. The Hall–Kier alpha value is -3.22. The lowest BCUT2D eigenvalue weighted by Gasteiger charge is -2.13. The number of carbonyl (C=O) groups excluding carboxylic acids is 1. The van der Waals surface area contributed by atoms with Crippen LogP contribution in [0.4, 0.5) is 5.69 Å². The van der Waals surface area contributed by atoms with E-state index in [0.29, 0.717) is 39.8 Å². The van der Waals surface area contributed by atoms with Gasteiger partial charge in [0, 0.05) is 10.6 Å². The molecule has 7 heteroatoms. The smallest absolute Gasteiger partial charge is 0.264 e. The highest BCUT2D eigenvalue weighted by molar-refractivity contribution is 8.18. The molecule has 5 nitrogen and oxygen atoms in total. The van der Waals surface area contributed by atoms with Gasteiger partial charge in [0.05, 0.1) is 17.2 Å². The summed E-state index contributed by atoms with van der Waals surface area (Å²) in [6.07, 6.45) is 1.83. The van der Waals surface area contributed by atoms with Gasteiger partial charge in [-0.15, -0.1) is 0 Å². The molecule has 1 fully saturated rings. The first-order chi connectivity index (χ1) is 16.4. The number of aliphatic imine (C=N–C) groups is 1. The highest BCUT2D eigenvalue weighted by atomic mass is 35.5. The number of carbonyl (C=O) groups is 1. The lowest BCUT2D eigenvalue weighted by Crippen LogP contribution is -2.19. The molecule has 1 aliphatic heterocycles. The van der Waals surface area contributed by atoms with Gasteiger partial charge >= 0.3 is 0 Å². The zero-order valence-corrected chi connectivity index (χ0v) is 20.8. The molecule has 4 rings (SSSR count). The second-order valence-corrected chi connectivity index (χ2v) is 9.23. The van der Waals surface area contributed by atoms with Crippen LogP contribution < -0.4 is 14.8 Å². The molecule has 0 bridgehead atoms. The molecule has 0 atom stereocenters. The Kier molecular flexibility index (Phi) is 7.60. The third kappa shape index (κ3) is 5.82. The summed E-state index contributed by atoms with van der Waals surface area (Å²) < 4.78 is 11.8. The lowest BCUT2D eigenvalue weighted by atomic mass is 10.1. The molecule has 0 aliphatic carbocycles. The van der Waals surface area contributed by atoms with Crippen molar-refractivity contribution in [3.8, 4) is 11.5 Å². The van der Waals surface area contributed by atoms with Crippen molar-refractivity contribution in [1.29, 1.82) is 0 Å². The molecule has 3 aromatic rings. The molecule has 174 valence electrons. The molecule has 0 radical (unpaired) electrons. The summed E-state index contributed by atoms with van der Waals surface area (Å²) in [5.74, 6) is 1.05. The lowest BCUT2D eigenvalue weighted by molar-refractivity contribution is -0.115. The number of nitrogens with zero attached hydrogens (tertiary/aromatic N) is 1. The average molecular weight is 493 g/mol. The summed E-state index contributed by atoms with van der Waals surface area (Å²) in [7, 11) is 0. The molecule has 0 spiro atoms. The van der Waals surface area contributed by atoms with E-state index < -0.39 is 0 Å². The highest BCUT2D eigenvalue weighted by Gasteiger charge is 2.24. The molecule has 1 N–H and O–H groups in total. The van der Waals surface area contributed by atoms with Gasteiger partial charge in [-0.2, -0.15) is 0 Å². The third-order valence-electron chi connectivity index (χ3n) is 5.14. The SMILES string of the molecule is CCOc1cc(/C=C2\SC(=Nc3cc(C)ccc3C)NC2=O)ccc1OCc1ccccc1Cl. The topological polar surface area (TPSA) is 59.9 Å². The van der Waals surface area contributed by atoms with E-state index in [-0.39, 0.29) is 5.91 Å². The van der Waals surface area contributed by atoms with Crippen molar-refractivity contribution in [3.05, 3.63) is 92.8 Å². The average Bonchev–Trinajstić information content (AvgIpc) is 3.15. The van der Waals surface area contributed by atoms with Crippen molar-refractivity contribution < 1.29 is 14.3 Å². The Bertz CT molecular complexity index is 1290. The van der Waals surface area contributed by atoms with Crippen LogP contribution in [0.15, 0.2) is 70.6 Å². The maximum absolute atomic E-state index is 12.6. The molecular weight excluding hydrogens is 468 g/mol. The number of amidine groups is 1. The third-order valence-corrected chi connectivity index (χ3v) is 6.42. The molecule has 1 amide bonds. The Morgan fingerprint density at radius 3 is 2.65 bits per heavy atom. The Labute approximate surface area is 208 Å². The highest BCUT2D eigenvalue weighted by Crippen LogP contribution is 2.33. The van der Waals surface area contributed by atoms with Crippen molar-refractivity contribution >= 4 is 46.2 Å². The van der Waals surface area contributed by atoms with E-state index in [0.717, 1.165) is 27.9 Å². The summed E-state index contributed by atoms with van der Waals surface area (Å²) in [5, 5.41) is 4.07. The zero-order chi connectivity index (χ0) is 24.1. The summed E-state index contributed by atoms with van der Waals surface area (Å²) in [6.45, 7) is 6.76. The van der Waals surface area contributed by atoms with E-state index >= 15 is 0 Å². The predicted octanol–water partition coefficient (Wildman–Crippen LogP) is 6.83. The van der Waals surface area contributed by atoms with Crippen LogP contribution in [0.5, 0.6) is 11.5 Å². The minimum atomic E-state index is -0.175. The number of thioether (sulfide) groups is 1. The maximum Gasteiger partial charge on any atom is 0.264 e. The van der Waals surface area contributed by atoms with E-state index in [9.17, 15) is 4.79 Å². The fourth-order valence-corrected chi connectivity index (χ4v) is 4.38. The van der Waals surface area contributed by atoms with Crippen molar-refractivity contribution in [1.82, 2.24) is 5.32 Å². The van der Waals surface area contributed by atoms with Crippen LogP contribution in [0.2, 0.25) is 5.02 Å². The van der Waals surface area contributed by atoms with E-state index in [1.807, 2.05) is 87.5 Å². The van der Waals surface area contributed by atoms with E-state index in [2.05, 4.69) is 10.3 Å². The van der Waals surface area contributed by atoms with Gasteiger partial charge in [-0.25, -0.2) is 4.99 Å². The van der Waals surface area contributed by atoms with Crippen LogP contribution in [-0.4, -0.2) is 17.7 Å². The Morgan fingerprint density at radius 1 is 1.03 bits per heavy atom. The van der Waals surface area contributed by atoms with E-state index in [1.165, 1.54) is 11.8 Å². The van der Waals surface area contributed by atoms with Gasteiger partial charge in [-0.05, 0) is 79.6 Å². The van der Waals surface area contributed by atoms with Crippen LogP contribution in [0.3, 0.4) is 0 Å². The fourth-order valence-electron chi connectivity index (χ4n) is 3.35. The van der Waals surface area contributed by atoms with Crippen LogP contribution in [-0.2, 0) is 11.4 Å². The molecule has 0 aromatic heterocycles. The number of benzene rings is 3. The molecule has 1 aliphatic rings. The Balaban J connectivity index is 1.53. The van der Waals surface area contributed by atoms with Gasteiger partial charge in [0.25, 0.3) is 5.91 Å². The molecule has 34 heavy (non-hydrogen) atoms. The molecule has 3 aromatic carbocycles. The summed E-state index contributed by atoms with van der Waals surface area (Å²) >= 11 is 7.55. The first kappa shape index (κ1) is 23.9. The number of ether oxygens (including phenoxy) is 2. The van der Waals surface area contributed by atoms with Gasteiger partial charge in [0.2, 0.25) is 0 Å².